The molecule has 168 valence electrons. The third-order valence-corrected chi connectivity index (χ3v) is 6.43. The van der Waals surface area contributed by atoms with Crippen LogP contribution >= 0.6 is 0 Å². The Bertz CT molecular complexity index is 1060. The summed E-state index contributed by atoms with van der Waals surface area (Å²) in [4.78, 5) is 29.0. The number of hydrogen-bond donors (Lipinski definition) is 1. The Labute approximate surface area is 187 Å². The van der Waals surface area contributed by atoms with E-state index in [9.17, 15) is 19.2 Å². The molecule has 1 saturated carbocycles. The Hall–Kier alpha value is -3.18. The van der Waals surface area contributed by atoms with E-state index in [1.165, 1.54) is 12.1 Å². The molecule has 1 N–H and O–H groups in total. The summed E-state index contributed by atoms with van der Waals surface area (Å²) in [6.45, 7) is 7.00. The van der Waals surface area contributed by atoms with Crippen LogP contribution in [0, 0.1) is 36.9 Å². The van der Waals surface area contributed by atoms with Gasteiger partial charge in [-0.3, -0.25) is 14.5 Å². The molecule has 0 unspecified atom stereocenters. The summed E-state index contributed by atoms with van der Waals surface area (Å²) in [5.41, 5.74) is 3.02. The van der Waals surface area contributed by atoms with Crippen molar-refractivity contribution in [3.8, 4) is 6.07 Å². The molecule has 7 nitrogen and oxygen atoms in total. The van der Waals surface area contributed by atoms with Crippen molar-refractivity contribution in [3.63, 3.8) is 0 Å². The highest BCUT2D eigenvalue weighted by molar-refractivity contribution is 5.93. The largest absolute Gasteiger partial charge is 0.340 e. The van der Waals surface area contributed by atoms with Crippen molar-refractivity contribution >= 4 is 17.6 Å². The molecule has 2 aromatic rings. The Balaban J connectivity index is 1.43. The predicted molar refractivity (Wildman–Crippen MR) is 118 cm³/mol. The minimum absolute atomic E-state index is 0.193. The molecule has 0 atom stereocenters. The minimum atomic E-state index is -0.306. The third kappa shape index (κ3) is 4.68. The SMILES string of the molecule is Cc1c(C#N)c(NC(=O)CN2CCN(C(=O)C3CC3)CC2)n(Cc2ccc(F)cc2)c1C. The molecule has 0 bridgehead atoms. The average molecular weight is 438 g/mol. The first kappa shape index (κ1) is 22.0. The molecular weight excluding hydrogens is 409 g/mol. The number of carbonyl (C=O) groups excluding carboxylic acids is 2. The molecule has 1 aromatic heterocycles. The molecule has 0 spiro atoms. The normalized spacial score (nSPS) is 16.6. The van der Waals surface area contributed by atoms with E-state index in [0.717, 1.165) is 29.7 Å². The number of halogens is 1. The number of piperazine rings is 1. The standard InChI is InChI=1S/C24H28FN5O2/c1-16-17(2)30(14-18-3-7-20(25)8-4-18)23(21(16)13-26)27-22(31)15-28-9-11-29(12-10-28)24(32)19-5-6-19/h3-4,7-8,19H,5-6,9-12,14-15H2,1-2H3,(H,27,31). The van der Waals surface area contributed by atoms with Gasteiger partial charge >= 0.3 is 0 Å². The van der Waals surface area contributed by atoms with E-state index < -0.39 is 0 Å². The first-order valence-corrected chi connectivity index (χ1v) is 11.0. The van der Waals surface area contributed by atoms with E-state index in [1.807, 2.05) is 28.2 Å². The van der Waals surface area contributed by atoms with E-state index in [4.69, 9.17) is 0 Å². The molecule has 2 amide bonds. The van der Waals surface area contributed by atoms with Crippen molar-refractivity contribution in [1.29, 1.82) is 5.26 Å². The number of nitriles is 1. The zero-order valence-corrected chi connectivity index (χ0v) is 18.5. The molecule has 1 saturated heterocycles. The van der Waals surface area contributed by atoms with Gasteiger partial charge in [0.25, 0.3) is 0 Å². The van der Waals surface area contributed by atoms with Gasteiger partial charge < -0.3 is 14.8 Å². The third-order valence-electron chi connectivity index (χ3n) is 6.43. The highest BCUT2D eigenvalue weighted by atomic mass is 19.1. The van der Waals surface area contributed by atoms with Crippen LogP contribution in [-0.2, 0) is 16.1 Å². The molecule has 1 aromatic carbocycles. The molecule has 0 radical (unpaired) electrons. The van der Waals surface area contributed by atoms with Crippen molar-refractivity contribution in [2.75, 3.05) is 38.0 Å². The molecule has 8 heteroatoms. The van der Waals surface area contributed by atoms with Crippen molar-refractivity contribution in [2.45, 2.75) is 33.2 Å². The Morgan fingerprint density at radius 2 is 1.78 bits per heavy atom. The maximum atomic E-state index is 13.3. The summed E-state index contributed by atoms with van der Waals surface area (Å²) < 4.78 is 15.2. The molecular formula is C24H28FN5O2. The van der Waals surface area contributed by atoms with Crippen molar-refractivity contribution in [2.24, 2.45) is 5.92 Å². The van der Waals surface area contributed by atoms with E-state index in [1.54, 1.807) is 12.1 Å². The Kier molecular flexibility index (Phi) is 6.28. The second-order valence-electron chi connectivity index (χ2n) is 8.68. The molecule has 32 heavy (non-hydrogen) atoms. The lowest BCUT2D eigenvalue weighted by molar-refractivity contribution is -0.134. The van der Waals surface area contributed by atoms with Crippen LogP contribution in [-0.4, -0.2) is 58.9 Å². The van der Waals surface area contributed by atoms with E-state index in [0.29, 0.717) is 44.1 Å². The lowest BCUT2D eigenvalue weighted by Crippen LogP contribution is -2.50. The maximum absolute atomic E-state index is 13.3. The quantitative estimate of drug-likeness (QED) is 0.753. The lowest BCUT2D eigenvalue weighted by atomic mass is 10.2. The van der Waals surface area contributed by atoms with E-state index in [-0.39, 0.29) is 30.1 Å². The summed E-state index contributed by atoms with van der Waals surface area (Å²) in [6, 6.07) is 8.41. The van der Waals surface area contributed by atoms with E-state index >= 15 is 0 Å². The smallest absolute Gasteiger partial charge is 0.239 e. The first-order valence-electron chi connectivity index (χ1n) is 11.0. The highest BCUT2D eigenvalue weighted by Crippen LogP contribution is 2.31. The van der Waals surface area contributed by atoms with Gasteiger partial charge in [0.1, 0.15) is 17.7 Å². The summed E-state index contributed by atoms with van der Waals surface area (Å²) in [6.07, 6.45) is 2.00. The number of hydrogen-bond acceptors (Lipinski definition) is 4. The maximum Gasteiger partial charge on any atom is 0.239 e. The fourth-order valence-electron chi connectivity index (χ4n) is 4.19. The monoisotopic (exact) mass is 437 g/mol. The molecule has 2 aliphatic rings. The van der Waals surface area contributed by atoms with Gasteiger partial charge in [-0.05, 0) is 49.9 Å². The topological polar surface area (TPSA) is 81.4 Å². The second kappa shape index (κ2) is 9.13. The zero-order valence-electron chi connectivity index (χ0n) is 18.5. The zero-order chi connectivity index (χ0) is 22.8. The second-order valence-corrected chi connectivity index (χ2v) is 8.68. The Morgan fingerprint density at radius 3 is 2.38 bits per heavy atom. The first-order chi connectivity index (χ1) is 15.4. The van der Waals surface area contributed by atoms with Gasteiger partial charge in [-0.2, -0.15) is 5.26 Å². The molecule has 1 aliphatic heterocycles. The highest BCUT2D eigenvalue weighted by Gasteiger charge is 2.34. The molecule has 1 aliphatic carbocycles. The number of nitrogens with one attached hydrogen (secondary N) is 1. The van der Waals surface area contributed by atoms with Gasteiger partial charge in [-0.1, -0.05) is 12.1 Å². The van der Waals surface area contributed by atoms with Gasteiger partial charge in [0.15, 0.2) is 0 Å². The predicted octanol–water partition coefficient (Wildman–Crippen LogP) is 2.66. The number of aromatic nitrogens is 1. The molecule has 4 rings (SSSR count). The number of rotatable bonds is 6. The van der Waals surface area contributed by atoms with Crippen molar-refractivity contribution in [3.05, 3.63) is 52.5 Å². The summed E-state index contributed by atoms with van der Waals surface area (Å²) >= 11 is 0. The van der Waals surface area contributed by atoms with Crippen molar-refractivity contribution < 1.29 is 14.0 Å². The van der Waals surface area contributed by atoms with Crippen molar-refractivity contribution in [1.82, 2.24) is 14.4 Å². The van der Waals surface area contributed by atoms with E-state index in [2.05, 4.69) is 11.4 Å². The van der Waals surface area contributed by atoms with Gasteiger partial charge in [0.2, 0.25) is 11.8 Å². The summed E-state index contributed by atoms with van der Waals surface area (Å²) in [5, 5.41) is 12.6. The number of nitrogens with zero attached hydrogens (tertiary/aromatic N) is 4. The molecule has 2 fully saturated rings. The Morgan fingerprint density at radius 1 is 1.12 bits per heavy atom. The number of anilines is 1. The van der Waals surface area contributed by atoms with Crippen LogP contribution in [0.4, 0.5) is 10.2 Å². The van der Waals surface area contributed by atoms with Crippen LogP contribution in [0.25, 0.3) is 0 Å². The van der Waals surface area contributed by atoms with Gasteiger partial charge in [0.05, 0.1) is 12.1 Å². The fraction of sp³-hybridized carbons (Fsp3) is 0.458. The number of carbonyl (C=O) groups is 2. The van der Waals surface area contributed by atoms with Gasteiger partial charge in [-0.25, -0.2) is 4.39 Å². The van der Waals surface area contributed by atoms with Crippen LogP contribution in [0.15, 0.2) is 24.3 Å². The summed E-state index contributed by atoms with van der Waals surface area (Å²) in [7, 11) is 0. The van der Waals surface area contributed by atoms with Crippen LogP contribution in [0.2, 0.25) is 0 Å². The summed E-state index contributed by atoms with van der Waals surface area (Å²) in [5.74, 6) is 0.437. The fourth-order valence-corrected chi connectivity index (χ4v) is 4.19. The van der Waals surface area contributed by atoms with Crippen LogP contribution in [0.5, 0.6) is 0 Å². The molecule has 2 heterocycles. The van der Waals surface area contributed by atoms with Crippen LogP contribution in [0.1, 0.15) is 35.2 Å². The minimum Gasteiger partial charge on any atom is -0.340 e. The number of amides is 2. The van der Waals surface area contributed by atoms with Crippen LogP contribution in [0.3, 0.4) is 0 Å². The lowest BCUT2D eigenvalue weighted by Gasteiger charge is -2.34. The average Bonchev–Trinajstić information content (AvgIpc) is 3.60. The number of benzene rings is 1. The van der Waals surface area contributed by atoms with Gasteiger partial charge in [0, 0.05) is 44.3 Å². The van der Waals surface area contributed by atoms with Crippen LogP contribution < -0.4 is 5.32 Å². The van der Waals surface area contributed by atoms with Gasteiger partial charge in [-0.15, -0.1) is 0 Å².